The minimum atomic E-state index is -1.49. The maximum Gasteiger partial charge on any atom is 0.341 e. The first-order valence-corrected chi connectivity index (χ1v) is 11.8. The number of halogens is 1. The number of esters is 1. The lowest BCUT2D eigenvalue weighted by Gasteiger charge is -2.29. The van der Waals surface area contributed by atoms with E-state index in [4.69, 9.17) is 4.74 Å². The molecule has 3 rings (SSSR count). The van der Waals surface area contributed by atoms with Gasteiger partial charge >= 0.3 is 5.97 Å². The summed E-state index contributed by atoms with van der Waals surface area (Å²) < 4.78 is 19.5. The smallest absolute Gasteiger partial charge is 0.341 e. The molecule has 1 aromatic rings. The molecule has 0 saturated heterocycles. The Balaban J connectivity index is 1.41. The van der Waals surface area contributed by atoms with Crippen LogP contribution in [0.15, 0.2) is 24.3 Å². The SMILES string of the molecule is CC[C@H](C)[C@H](F)C(=O)O[C@H]1CC[C@H](c2ccc(CCC3CC[CH]CC3)cc2)CC1. The highest BCUT2D eigenvalue weighted by Crippen LogP contribution is 2.35. The molecule has 161 valence electrons. The lowest BCUT2D eigenvalue weighted by atomic mass is 9.82. The van der Waals surface area contributed by atoms with Gasteiger partial charge in [-0.2, -0.15) is 0 Å². The molecule has 0 aromatic heterocycles. The summed E-state index contributed by atoms with van der Waals surface area (Å²) in [5, 5.41) is 0. The Morgan fingerprint density at radius 2 is 1.72 bits per heavy atom. The van der Waals surface area contributed by atoms with E-state index in [2.05, 4.69) is 30.7 Å². The molecule has 0 N–H and O–H groups in total. The Bertz CT molecular complexity index is 612. The van der Waals surface area contributed by atoms with E-state index < -0.39 is 12.1 Å². The molecule has 0 spiro atoms. The van der Waals surface area contributed by atoms with Gasteiger partial charge in [0.1, 0.15) is 6.10 Å². The molecule has 1 radical (unpaired) electrons. The third kappa shape index (κ3) is 6.55. The molecule has 2 nitrogen and oxygen atoms in total. The Kier molecular flexibility index (Phi) is 8.56. The van der Waals surface area contributed by atoms with Gasteiger partial charge in [-0.1, -0.05) is 57.4 Å². The molecule has 0 aliphatic heterocycles. The quantitative estimate of drug-likeness (QED) is 0.440. The number of benzene rings is 1. The molecule has 0 bridgehead atoms. The van der Waals surface area contributed by atoms with E-state index in [0.717, 1.165) is 31.6 Å². The molecule has 29 heavy (non-hydrogen) atoms. The van der Waals surface area contributed by atoms with E-state index in [9.17, 15) is 9.18 Å². The fourth-order valence-corrected chi connectivity index (χ4v) is 4.79. The van der Waals surface area contributed by atoms with Gasteiger partial charge in [-0.05, 0) is 86.7 Å². The second-order valence-electron chi connectivity index (χ2n) is 9.29. The van der Waals surface area contributed by atoms with Crippen LogP contribution in [0.5, 0.6) is 0 Å². The second kappa shape index (κ2) is 11.1. The first-order chi connectivity index (χ1) is 14.1. The number of hydrogen-bond acceptors (Lipinski definition) is 2. The Hall–Kier alpha value is -1.38. The lowest BCUT2D eigenvalue weighted by molar-refractivity contribution is -0.158. The molecule has 2 saturated carbocycles. The molecular formula is C26H38FO2. The van der Waals surface area contributed by atoms with Crippen LogP contribution in [0.2, 0.25) is 0 Å². The summed E-state index contributed by atoms with van der Waals surface area (Å²) in [5.41, 5.74) is 2.85. The Labute approximate surface area is 176 Å². The minimum absolute atomic E-state index is 0.118. The number of rotatable bonds is 8. The number of hydrogen-bond donors (Lipinski definition) is 0. The molecule has 0 unspecified atom stereocenters. The van der Waals surface area contributed by atoms with Crippen molar-refractivity contribution >= 4 is 5.97 Å². The van der Waals surface area contributed by atoms with Crippen molar-refractivity contribution in [2.75, 3.05) is 0 Å². The van der Waals surface area contributed by atoms with Gasteiger partial charge < -0.3 is 4.74 Å². The zero-order valence-electron chi connectivity index (χ0n) is 18.2. The van der Waals surface area contributed by atoms with Gasteiger partial charge in [-0.15, -0.1) is 0 Å². The topological polar surface area (TPSA) is 26.3 Å². The fourth-order valence-electron chi connectivity index (χ4n) is 4.79. The molecule has 2 aliphatic rings. The standard InChI is InChI=1S/C26H38FO2/c1-3-19(2)25(27)26(28)29-24-17-15-23(16-18-24)22-13-11-21(12-14-22)10-9-20-7-5-4-6-8-20/h4,11-14,19-20,23-25H,3,5-10,15-18H2,1-2H3/t19-,23-,24-,25-/m0/s1. The number of alkyl halides is 1. The van der Waals surface area contributed by atoms with Gasteiger partial charge in [0.25, 0.3) is 0 Å². The highest BCUT2D eigenvalue weighted by atomic mass is 19.1. The van der Waals surface area contributed by atoms with Crippen molar-refractivity contribution in [2.24, 2.45) is 11.8 Å². The molecule has 1 aromatic carbocycles. The van der Waals surface area contributed by atoms with E-state index in [1.165, 1.54) is 49.7 Å². The van der Waals surface area contributed by atoms with Crippen LogP contribution >= 0.6 is 0 Å². The number of carbonyl (C=O) groups excluding carboxylic acids is 1. The van der Waals surface area contributed by atoms with Crippen LogP contribution in [0.25, 0.3) is 0 Å². The molecule has 0 amide bonds. The summed E-state index contributed by atoms with van der Waals surface area (Å²) in [7, 11) is 0. The monoisotopic (exact) mass is 401 g/mol. The average Bonchev–Trinajstić information content (AvgIpc) is 2.78. The van der Waals surface area contributed by atoms with Crippen molar-refractivity contribution in [1.29, 1.82) is 0 Å². The van der Waals surface area contributed by atoms with Crippen LogP contribution in [0.4, 0.5) is 4.39 Å². The summed E-state index contributed by atoms with van der Waals surface area (Å²) >= 11 is 0. The second-order valence-corrected chi connectivity index (χ2v) is 9.29. The predicted octanol–water partition coefficient (Wildman–Crippen LogP) is 6.97. The van der Waals surface area contributed by atoms with Crippen molar-refractivity contribution in [3.8, 4) is 0 Å². The third-order valence-electron chi connectivity index (χ3n) is 7.18. The van der Waals surface area contributed by atoms with Crippen LogP contribution in [0, 0.1) is 18.3 Å². The Morgan fingerprint density at radius 1 is 1.07 bits per heavy atom. The van der Waals surface area contributed by atoms with Crippen molar-refractivity contribution in [2.45, 2.75) is 103 Å². The zero-order chi connectivity index (χ0) is 20.6. The van der Waals surface area contributed by atoms with Gasteiger partial charge in [0.15, 0.2) is 6.17 Å². The summed E-state index contributed by atoms with van der Waals surface area (Å²) in [6.07, 6.45) is 13.0. The fraction of sp³-hybridized carbons (Fsp3) is 0.692. The lowest BCUT2D eigenvalue weighted by Crippen LogP contribution is -2.31. The summed E-state index contributed by atoms with van der Waals surface area (Å²) in [4.78, 5) is 12.0. The van der Waals surface area contributed by atoms with Crippen molar-refractivity contribution in [3.05, 3.63) is 41.8 Å². The van der Waals surface area contributed by atoms with E-state index in [0.29, 0.717) is 12.3 Å². The van der Waals surface area contributed by atoms with Gasteiger partial charge in [0.05, 0.1) is 0 Å². The van der Waals surface area contributed by atoms with Crippen LogP contribution < -0.4 is 0 Å². The predicted molar refractivity (Wildman–Crippen MR) is 116 cm³/mol. The summed E-state index contributed by atoms with van der Waals surface area (Å²) in [6.45, 7) is 3.66. The summed E-state index contributed by atoms with van der Waals surface area (Å²) in [6, 6.07) is 9.19. The highest BCUT2D eigenvalue weighted by Gasteiger charge is 2.30. The van der Waals surface area contributed by atoms with Crippen LogP contribution in [0.3, 0.4) is 0 Å². The maximum atomic E-state index is 14.0. The number of ether oxygens (including phenoxy) is 1. The van der Waals surface area contributed by atoms with Crippen LogP contribution in [-0.2, 0) is 16.0 Å². The molecule has 2 fully saturated rings. The zero-order valence-corrected chi connectivity index (χ0v) is 18.2. The Morgan fingerprint density at radius 3 is 2.34 bits per heavy atom. The maximum absolute atomic E-state index is 14.0. The molecule has 2 aliphatic carbocycles. The molecular weight excluding hydrogens is 363 g/mol. The van der Waals surface area contributed by atoms with Gasteiger partial charge in [-0.25, -0.2) is 9.18 Å². The summed E-state index contributed by atoms with van der Waals surface area (Å²) in [5.74, 6) is 0.502. The first kappa shape index (κ1) is 22.3. The van der Waals surface area contributed by atoms with Crippen molar-refractivity contribution in [1.82, 2.24) is 0 Å². The highest BCUT2D eigenvalue weighted by molar-refractivity contribution is 5.75. The third-order valence-corrected chi connectivity index (χ3v) is 7.18. The average molecular weight is 402 g/mol. The van der Waals surface area contributed by atoms with E-state index in [1.54, 1.807) is 6.92 Å². The van der Waals surface area contributed by atoms with E-state index in [-0.39, 0.29) is 12.0 Å². The minimum Gasteiger partial charge on any atom is -0.460 e. The van der Waals surface area contributed by atoms with Gasteiger partial charge in [0, 0.05) is 0 Å². The van der Waals surface area contributed by atoms with Crippen LogP contribution in [-0.4, -0.2) is 18.2 Å². The first-order valence-electron chi connectivity index (χ1n) is 11.8. The molecule has 2 atom stereocenters. The largest absolute Gasteiger partial charge is 0.460 e. The van der Waals surface area contributed by atoms with E-state index >= 15 is 0 Å². The van der Waals surface area contributed by atoms with Gasteiger partial charge in [-0.3, -0.25) is 0 Å². The van der Waals surface area contributed by atoms with Gasteiger partial charge in [0.2, 0.25) is 0 Å². The molecule has 3 heteroatoms. The van der Waals surface area contributed by atoms with E-state index in [1.807, 2.05) is 6.92 Å². The van der Waals surface area contributed by atoms with Crippen LogP contribution in [0.1, 0.15) is 95.1 Å². The van der Waals surface area contributed by atoms with Crippen molar-refractivity contribution in [3.63, 3.8) is 0 Å². The number of carbonyl (C=O) groups is 1. The van der Waals surface area contributed by atoms with Crippen molar-refractivity contribution < 1.29 is 13.9 Å². The molecule has 0 heterocycles. The normalized spacial score (nSPS) is 25.3. The number of aryl methyl sites for hydroxylation is 1.